The first-order valence-electron chi connectivity index (χ1n) is 13.2. The van der Waals surface area contributed by atoms with Crippen LogP contribution in [0.1, 0.15) is 27.6 Å². The van der Waals surface area contributed by atoms with E-state index in [4.69, 9.17) is 14.2 Å². The molecule has 0 bridgehead atoms. The van der Waals surface area contributed by atoms with E-state index >= 15 is 0 Å². The molecule has 10 nitrogen and oxygen atoms in total. The first-order valence-corrected chi connectivity index (χ1v) is 13.2. The fourth-order valence-electron chi connectivity index (χ4n) is 5.05. The predicted octanol–water partition coefficient (Wildman–Crippen LogP) is 5.40. The molecule has 1 aliphatic heterocycles. The summed E-state index contributed by atoms with van der Waals surface area (Å²) in [4.78, 5) is 54.1. The van der Waals surface area contributed by atoms with E-state index in [9.17, 15) is 24.5 Å². The van der Waals surface area contributed by atoms with Gasteiger partial charge in [-0.3, -0.25) is 24.6 Å². The third-order valence-corrected chi connectivity index (χ3v) is 7.06. The van der Waals surface area contributed by atoms with Gasteiger partial charge < -0.3 is 14.2 Å². The molecule has 0 radical (unpaired) electrons. The number of carbonyl (C=O) groups excluding carboxylic acids is 3. The molecule has 10 heteroatoms. The summed E-state index contributed by atoms with van der Waals surface area (Å²) in [5.41, 5.74) is -1.50. The maximum atomic E-state index is 14.4. The Morgan fingerprint density at radius 1 is 0.791 bits per heavy atom. The fraction of sp³-hybridized carbons (Fsp3) is 0.121. The lowest BCUT2D eigenvalue weighted by Crippen LogP contribution is -2.57. The molecule has 0 N–H and O–H groups in total. The van der Waals surface area contributed by atoms with Crippen LogP contribution in [0.4, 0.5) is 11.4 Å². The number of ether oxygens (including phenoxy) is 3. The summed E-state index contributed by atoms with van der Waals surface area (Å²) in [5.74, 6) is -3.12. The van der Waals surface area contributed by atoms with Gasteiger partial charge in [0, 0.05) is 30.5 Å². The van der Waals surface area contributed by atoms with Crippen molar-refractivity contribution in [3.05, 3.63) is 153 Å². The molecule has 1 heterocycles. The van der Waals surface area contributed by atoms with Crippen molar-refractivity contribution in [2.75, 3.05) is 19.1 Å². The van der Waals surface area contributed by atoms with E-state index in [1.54, 1.807) is 30.3 Å². The molecule has 1 aliphatic rings. The number of hydrogen-bond donors (Lipinski definition) is 0. The van der Waals surface area contributed by atoms with Gasteiger partial charge in [-0.05, 0) is 35.4 Å². The minimum atomic E-state index is -2.39. The number of hydrogen-bond acceptors (Lipinski definition) is 8. The largest absolute Gasteiger partial charge is 0.475 e. The van der Waals surface area contributed by atoms with E-state index in [0.717, 1.165) is 24.1 Å². The van der Waals surface area contributed by atoms with Gasteiger partial charge in [0.15, 0.2) is 11.5 Å². The molecule has 0 unspecified atom stereocenters. The second-order valence-corrected chi connectivity index (χ2v) is 9.47. The predicted molar refractivity (Wildman–Crippen MR) is 156 cm³/mol. The van der Waals surface area contributed by atoms with Crippen LogP contribution >= 0.6 is 0 Å². The summed E-state index contributed by atoms with van der Waals surface area (Å²) in [6.45, 7) is 0. The number of Topliss-reactive ketones (excluding diaryl/α,β-unsaturated/α-hetero) is 1. The highest BCUT2D eigenvalue weighted by Gasteiger charge is 2.63. The average molecular weight is 579 g/mol. The maximum Gasteiger partial charge on any atom is 0.365 e. The Bertz CT molecular complexity index is 1650. The van der Waals surface area contributed by atoms with Gasteiger partial charge in [-0.15, -0.1) is 0 Å². The third-order valence-electron chi connectivity index (χ3n) is 7.06. The minimum Gasteiger partial charge on any atom is -0.475 e. The first kappa shape index (κ1) is 28.9. The number of amides is 1. The SMILES string of the molecule is COC(=O)[C@]1(OC)C(C(=O)c2ccc([N+](=O)[O-])cc2)=C(OC(c2ccccc2)c2ccccc2)C(=O)N1c1ccccc1. The molecule has 4 aromatic carbocycles. The number of para-hydroxylation sites is 1. The van der Waals surface area contributed by atoms with Crippen LogP contribution in [-0.2, 0) is 23.8 Å². The number of nitro benzene ring substituents is 1. The standard InChI is InChI=1S/C33H26N2O8/c1-41-32(38)33(42-2)27(28(36)22-18-20-26(21-19-22)35(39)40)30(31(37)34(33)25-16-10-5-11-17-25)43-29(23-12-6-3-7-13-23)24-14-8-4-9-15-24/h3-21,29H,1-2H3/t33-/m1/s1. The van der Waals surface area contributed by atoms with Gasteiger partial charge in [-0.1, -0.05) is 78.9 Å². The van der Waals surface area contributed by atoms with Crippen molar-refractivity contribution in [2.45, 2.75) is 11.8 Å². The van der Waals surface area contributed by atoms with Gasteiger partial charge in [-0.25, -0.2) is 4.79 Å². The number of rotatable bonds is 10. The Kier molecular flexibility index (Phi) is 8.13. The monoisotopic (exact) mass is 578 g/mol. The summed E-state index contributed by atoms with van der Waals surface area (Å²) >= 11 is 0. The van der Waals surface area contributed by atoms with Crippen LogP contribution in [-0.4, -0.2) is 42.5 Å². The number of carbonyl (C=O) groups is 3. The van der Waals surface area contributed by atoms with E-state index in [-0.39, 0.29) is 16.9 Å². The molecule has 1 amide bonds. The molecule has 0 saturated carbocycles. The van der Waals surface area contributed by atoms with Crippen LogP contribution in [0, 0.1) is 10.1 Å². The summed E-state index contributed by atoms with van der Waals surface area (Å²) < 4.78 is 17.4. The molecule has 43 heavy (non-hydrogen) atoms. The van der Waals surface area contributed by atoms with Crippen molar-refractivity contribution >= 4 is 29.0 Å². The van der Waals surface area contributed by atoms with E-state index in [0.29, 0.717) is 11.1 Å². The number of non-ortho nitro benzene ring substituents is 1. The maximum absolute atomic E-state index is 14.4. The summed E-state index contributed by atoms with van der Waals surface area (Å²) in [7, 11) is 2.29. The normalized spacial score (nSPS) is 16.3. The summed E-state index contributed by atoms with van der Waals surface area (Å²) in [5, 5.41) is 11.3. The summed E-state index contributed by atoms with van der Waals surface area (Å²) in [6, 6.07) is 31.2. The van der Waals surface area contributed by atoms with Crippen molar-refractivity contribution in [3.63, 3.8) is 0 Å². The molecular weight excluding hydrogens is 552 g/mol. The van der Waals surface area contributed by atoms with Gasteiger partial charge in [0.2, 0.25) is 0 Å². The average Bonchev–Trinajstić information content (AvgIpc) is 3.31. The Hall–Kier alpha value is -5.61. The Balaban J connectivity index is 1.78. The zero-order valence-corrected chi connectivity index (χ0v) is 23.2. The number of esters is 1. The number of nitro groups is 1. The first-order chi connectivity index (χ1) is 20.8. The Morgan fingerprint density at radius 2 is 1.30 bits per heavy atom. The second kappa shape index (κ2) is 12.1. The number of methoxy groups -OCH3 is 2. The van der Waals surface area contributed by atoms with Crippen LogP contribution in [0.5, 0.6) is 0 Å². The van der Waals surface area contributed by atoms with Crippen LogP contribution in [0.25, 0.3) is 0 Å². The highest BCUT2D eigenvalue weighted by molar-refractivity contribution is 6.26. The van der Waals surface area contributed by atoms with Crippen LogP contribution in [0.2, 0.25) is 0 Å². The molecule has 0 aliphatic carbocycles. The van der Waals surface area contributed by atoms with E-state index < -0.39 is 45.7 Å². The lowest BCUT2D eigenvalue weighted by atomic mass is 9.93. The molecule has 5 rings (SSSR count). The number of ketones is 1. The molecular formula is C33H26N2O8. The molecule has 0 fully saturated rings. The number of nitrogens with zero attached hydrogens (tertiary/aromatic N) is 2. The lowest BCUT2D eigenvalue weighted by Gasteiger charge is -2.35. The molecule has 0 aromatic heterocycles. The van der Waals surface area contributed by atoms with Gasteiger partial charge >= 0.3 is 5.97 Å². The summed E-state index contributed by atoms with van der Waals surface area (Å²) in [6.07, 6.45) is -0.871. The molecule has 216 valence electrons. The Morgan fingerprint density at radius 3 is 1.77 bits per heavy atom. The molecule has 0 saturated heterocycles. The second-order valence-electron chi connectivity index (χ2n) is 9.47. The smallest absolute Gasteiger partial charge is 0.365 e. The van der Waals surface area contributed by atoms with Gasteiger partial charge in [-0.2, -0.15) is 0 Å². The van der Waals surface area contributed by atoms with Crippen molar-refractivity contribution in [1.29, 1.82) is 0 Å². The zero-order chi connectivity index (χ0) is 30.6. The quantitative estimate of drug-likeness (QED) is 0.106. The molecule has 4 aromatic rings. The van der Waals surface area contributed by atoms with Crippen LogP contribution in [0.15, 0.2) is 127 Å². The molecule has 0 spiro atoms. The minimum absolute atomic E-state index is 0.0364. The van der Waals surface area contributed by atoms with Crippen molar-refractivity contribution in [1.82, 2.24) is 0 Å². The van der Waals surface area contributed by atoms with E-state index in [1.165, 1.54) is 19.2 Å². The third kappa shape index (κ3) is 5.15. The van der Waals surface area contributed by atoms with Crippen molar-refractivity contribution < 1.29 is 33.5 Å². The Labute approximate surface area is 246 Å². The fourth-order valence-corrected chi connectivity index (χ4v) is 5.05. The van der Waals surface area contributed by atoms with E-state index in [1.807, 2.05) is 60.7 Å². The van der Waals surface area contributed by atoms with Gasteiger partial charge in [0.1, 0.15) is 11.7 Å². The van der Waals surface area contributed by atoms with Crippen LogP contribution < -0.4 is 4.90 Å². The molecule has 1 atom stereocenters. The van der Waals surface area contributed by atoms with Gasteiger partial charge in [0.05, 0.1) is 12.0 Å². The topological polar surface area (TPSA) is 125 Å². The number of benzene rings is 4. The van der Waals surface area contributed by atoms with Crippen molar-refractivity contribution in [3.8, 4) is 0 Å². The van der Waals surface area contributed by atoms with Gasteiger partial charge in [0.25, 0.3) is 17.3 Å². The number of anilines is 1. The zero-order valence-electron chi connectivity index (χ0n) is 23.2. The lowest BCUT2D eigenvalue weighted by molar-refractivity contribution is -0.384. The highest BCUT2D eigenvalue weighted by atomic mass is 16.6. The van der Waals surface area contributed by atoms with Crippen LogP contribution in [0.3, 0.4) is 0 Å². The van der Waals surface area contributed by atoms with E-state index in [2.05, 4.69) is 0 Å². The highest BCUT2D eigenvalue weighted by Crippen LogP contribution is 2.45. The van der Waals surface area contributed by atoms with Crippen molar-refractivity contribution in [2.24, 2.45) is 0 Å².